The number of hydrogen-bond donors (Lipinski definition) is 0. The van der Waals surface area contributed by atoms with Gasteiger partial charge >= 0.3 is 5.97 Å². The molecular weight excluding hydrogens is 302 g/mol. The van der Waals surface area contributed by atoms with E-state index in [0.717, 1.165) is 25.7 Å². The van der Waals surface area contributed by atoms with Gasteiger partial charge in [-0.2, -0.15) is 4.98 Å². The van der Waals surface area contributed by atoms with E-state index in [0.29, 0.717) is 12.4 Å². The Morgan fingerprint density at radius 3 is 2.96 bits per heavy atom. The molecule has 0 saturated carbocycles. The van der Waals surface area contributed by atoms with Gasteiger partial charge in [-0.3, -0.25) is 4.79 Å². The number of hydrogen-bond acceptors (Lipinski definition) is 7. The molecule has 122 valence electrons. The number of aromatic nitrogens is 2. The molecule has 2 aromatic rings. The Balaban J connectivity index is 1.85. The Kier molecular flexibility index (Phi) is 4.40. The van der Waals surface area contributed by atoms with Crippen LogP contribution in [0.4, 0.5) is 0 Å². The molecule has 1 fully saturated rings. The van der Waals surface area contributed by atoms with Crippen LogP contribution in [0.25, 0.3) is 0 Å². The van der Waals surface area contributed by atoms with Gasteiger partial charge in [0, 0.05) is 12.6 Å². The summed E-state index contributed by atoms with van der Waals surface area (Å²) in [6.07, 6.45) is 6.14. The van der Waals surface area contributed by atoms with Gasteiger partial charge in [-0.1, -0.05) is 18.0 Å². The van der Waals surface area contributed by atoms with Crippen molar-refractivity contribution in [1.82, 2.24) is 15.0 Å². The third-order valence-corrected chi connectivity index (χ3v) is 3.92. The maximum Gasteiger partial charge on any atom is 0.341 e. The second kappa shape index (κ2) is 6.64. The summed E-state index contributed by atoms with van der Waals surface area (Å²) in [4.78, 5) is 30.0. The molecule has 0 N–H and O–H groups in total. The van der Waals surface area contributed by atoms with Crippen LogP contribution < -0.4 is 0 Å². The minimum atomic E-state index is -0.543. The van der Waals surface area contributed by atoms with E-state index in [9.17, 15) is 9.59 Å². The lowest BCUT2D eigenvalue weighted by molar-refractivity contribution is 0.0598. The van der Waals surface area contributed by atoms with Crippen molar-refractivity contribution < 1.29 is 23.3 Å². The number of ether oxygens (including phenoxy) is 1. The second-order valence-electron chi connectivity index (χ2n) is 5.34. The molecule has 0 radical (unpaired) electrons. The van der Waals surface area contributed by atoms with E-state index in [4.69, 9.17) is 8.94 Å². The number of methoxy groups -OCH3 is 1. The number of carbonyl (C=O) groups excluding carboxylic acids is 2. The topological polar surface area (TPSA) is 98.7 Å². The smallest absolute Gasteiger partial charge is 0.341 e. The van der Waals surface area contributed by atoms with E-state index < -0.39 is 5.97 Å². The Bertz CT molecular complexity index is 679. The highest BCUT2D eigenvalue weighted by Crippen LogP contribution is 2.29. The zero-order valence-corrected chi connectivity index (χ0v) is 12.7. The molecule has 0 spiro atoms. The molecule has 1 aliphatic rings. The summed E-state index contributed by atoms with van der Waals surface area (Å²) in [6.45, 7) is 0.576. The average Bonchev–Trinajstić information content (AvgIpc) is 3.21. The number of esters is 1. The first-order valence-corrected chi connectivity index (χ1v) is 7.45. The standard InChI is InChI=1S/C15H17N3O5/c1-21-15(20)10-7-12(22-8-10)14(19)18-6-4-2-3-5-11(18)13-16-9-23-17-13/h7-9,11H,2-6H2,1H3/t11-/m1/s1. The summed E-state index contributed by atoms with van der Waals surface area (Å²) >= 11 is 0. The molecule has 2 aromatic heterocycles. The lowest BCUT2D eigenvalue weighted by atomic mass is 10.1. The van der Waals surface area contributed by atoms with Crippen molar-refractivity contribution in [3.63, 3.8) is 0 Å². The molecule has 3 rings (SSSR count). The van der Waals surface area contributed by atoms with Gasteiger partial charge in [-0.25, -0.2) is 4.79 Å². The molecule has 1 saturated heterocycles. The van der Waals surface area contributed by atoms with Crippen molar-refractivity contribution in [3.8, 4) is 0 Å². The first kappa shape index (κ1) is 15.3. The quantitative estimate of drug-likeness (QED) is 0.800. The maximum atomic E-state index is 12.8. The number of likely N-dealkylation sites (tertiary alicyclic amines) is 1. The van der Waals surface area contributed by atoms with E-state index in [1.54, 1.807) is 4.90 Å². The fraction of sp³-hybridized carbons (Fsp3) is 0.467. The Hall–Kier alpha value is -2.64. The summed E-state index contributed by atoms with van der Waals surface area (Å²) in [5.74, 6) is -0.254. The zero-order chi connectivity index (χ0) is 16.2. The highest BCUT2D eigenvalue weighted by Gasteiger charge is 2.32. The lowest BCUT2D eigenvalue weighted by Crippen LogP contribution is -2.35. The van der Waals surface area contributed by atoms with E-state index >= 15 is 0 Å². The van der Waals surface area contributed by atoms with Gasteiger partial charge in [0.25, 0.3) is 5.91 Å². The first-order chi connectivity index (χ1) is 11.2. The third-order valence-electron chi connectivity index (χ3n) is 3.92. The predicted molar refractivity (Wildman–Crippen MR) is 76.6 cm³/mol. The molecule has 8 heteroatoms. The van der Waals surface area contributed by atoms with Gasteiger partial charge in [-0.15, -0.1) is 0 Å². The van der Waals surface area contributed by atoms with Crippen LogP contribution in [0.5, 0.6) is 0 Å². The molecule has 23 heavy (non-hydrogen) atoms. The van der Waals surface area contributed by atoms with E-state index in [1.807, 2.05) is 0 Å². The average molecular weight is 319 g/mol. The van der Waals surface area contributed by atoms with Crippen LogP contribution in [-0.4, -0.2) is 40.6 Å². The SMILES string of the molecule is COC(=O)c1coc(C(=O)N2CCCCC[C@@H]2c2ncon2)c1. The van der Waals surface area contributed by atoms with Crippen molar-refractivity contribution in [3.05, 3.63) is 35.9 Å². The molecule has 0 bridgehead atoms. The minimum absolute atomic E-state index is 0.0980. The van der Waals surface area contributed by atoms with Gasteiger partial charge in [-0.05, 0) is 12.8 Å². The van der Waals surface area contributed by atoms with E-state index in [1.165, 1.54) is 25.8 Å². The molecule has 1 amide bonds. The molecule has 0 unspecified atom stereocenters. The van der Waals surface area contributed by atoms with Gasteiger partial charge in [0.15, 0.2) is 11.6 Å². The maximum absolute atomic E-state index is 12.8. The van der Waals surface area contributed by atoms with Crippen LogP contribution in [-0.2, 0) is 4.74 Å². The normalized spacial score (nSPS) is 18.5. The molecule has 0 aliphatic carbocycles. The number of amides is 1. The Labute approximate surface area is 132 Å². The van der Waals surface area contributed by atoms with Crippen LogP contribution in [0.3, 0.4) is 0 Å². The van der Waals surface area contributed by atoms with E-state index in [-0.39, 0.29) is 23.3 Å². The third kappa shape index (κ3) is 3.10. The lowest BCUT2D eigenvalue weighted by Gasteiger charge is -2.26. The highest BCUT2D eigenvalue weighted by molar-refractivity contribution is 5.96. The van der Waals surface area contributed by atoms with Crippen molar-refractivity contribution in [2.75, 3.05) is 13.7 Å². The zero-order valence-electron chi connectivity index (χ0n) is 12.7. The summed E-state index contributed by atoms with van der Waals surface area (Å²) in [5, 5.41) is 3.87. The fourth-order valence-electron chi connectivity index (χ4n) is 2.76. The van der Waals surface area contributed by atoms with Crippen LogP contribution in [0.15, 0.2) is 27.7 Å². The summed E-state index contributed by atoms with van der Waals surface area (Å²) in [6, 6.07) is 1.14. The molecule has 1 atom stereocenters. The number of furan rings is 1. The largest absolute Gasteiger partial charge is 0.465 e. The molecule has 0 aromatic carbocycles. The van der Waals surface area contributed by atoms with Crippen LogP contribution in [0.1, 0.15) is 58.5 Å². The highest BCUT2D eigenvalue weighted by atomic mass is 16.5. The van der Waals surface area contributed by atoms with Gasteiger partial charge in [0.2, 0.25) is 6.39 Å². The van der Waals surface area contributed by atoms with Gasteiger partial charge in [0.1, 0.15) is 6.26 Å². The minimum Gasteiger partial charge on any atom is -0.465 e. The predicted octanol–water partition coefficient (Wildman–Crippen LogP) is 2.21. The number of rotatable bonds is 3. The fourth-order valence-corrected chi connectivity index (χ4v) is 2.76. The molecule has 8 nitrogen and oxygen atoms in total. The van der Waals surface area contributed by atoms with Gasteiger partial charge < -0.3 is 18.6 Å². The monoisotopic (exact) mass is 319 g/mol. The first-order valence-electron chi connectivity index (χ1n) is 7.45. The molecule has 3 heterocycles. The van der Waals surface area contributed by atoms with Crippen LogP contribution >= 0.6 is 0 Å². The number of nitrogens with zero attached hydrogens (tertiary/aromatic N) is 3. The van der Waals surface area contributed by atoms with E-state index in [2.05, 4.69) is 14.9 Å². The Morgan fingerprint density at radius 1 is 1.35 bits per heavy atom. The van der Waals surface area contributed by atoms with Crippen molar-refractivity contribution in [2.45, 2.75) is 31.7 Å². The Morgan fingerprint density at radius 2 is 2.22 bits per heavy atom. The van der Waals surface area contributed by atoms with Crippen molar-refractivity contribution in [1.29, 1.82) is 0 Å². The van der Waals surface area contributed by atoms with Crippen LogP contribution in [0, 0.1) is 0 Å². The molecular formula is C15H17N3O5. The molecule has 1 aliphatic heterocycles. The second-order valence-corrected chi connectivity index (χ2v) is 5.34. The van der Waals surface area contributed by atoms with Crippen molar-refractivity contribution in [2.24, 2.45) is 0 Å². The summed E-state index contributed by atoms with van der Waals surface area (Å²) < 4.78 is 14.7. The van der Waals surface area contributed by atoms with Crippen LogP contribution in [0.2, 0.25) is 0 Å². The number of carbonyl (C=O) groups is 2. The summed E-state index contributed by atoms with van der Waals surface area (Å²) in [7, 11) is 1.28. The van der Waals surface area contributed by atoms with Crippen molar-refractivity contribution >= 4 is 11.9 Å². The summed E-state index contributed by atoms with van der Waals surface area (Å²) in [5.41, 5.74) is 0.210. The van der Waals surface area contributed by atoms with Gasteiger partial charge in [0.05, 0.1) is 18.7 Å².